The van der Waals surface area contributed by atoms with Gasteiger partial charge in [0.05, 0.1) is 11.8 Å². The minimum absolute atomic E-state index is 0. The number of carboxylic acids is 2. The van der Waals surface area contributed by atoms with Gasteiger partial charge >= 0.3 is 11.9 Å². The van der Waals surface area contributed by atoms with Gasteiger partial charge < -0.3 is 10.2 Å². The quantitative estimate of drug-likeness (QED) is 0.759. The Hall–Kier alpha value is -0.554. The Bertz CT molecular complexity index is 136. The van der Waals surface area contributed by atoms with Crippen LogP contribution in [0.1, 0.15) is 27.7 Å². The zero-order chi connectivity index (χ0) is 10.3. The molecule has 0 heterocycles. The number of hydrogen-bond acceptors (Lipinski definition) is 2. The summed E-state index contributed by atoms with van der Waals surface area (Å²) in [6.45, 7) is 6.56. The second-order valence-electron chi connectivity index (χ2n) is 2.99. The normalized spacial score (nSPS) is 8.46. The summed E-state index contributed by atoms with van der Waals surface area (Å²) in [7, 11) is 0. The molecule has 0 aliphatic heterocycles. The third-order valence-corrected chi connectivity index (χ3v) is 0.988. The molecule has 0 aromatic heterocycles. The summed E-state index contributed by atoms with van der Waals surface area (Å²) in [5.74, 6) is -1.94. The third-order valence-electron chi connectivity index (χ3n) is 0.988. The van der Waals surface area contributed by atoms with Crippen LogP contribution in [0.5, 0.6) is 0 Å². The van der Waals surface area contributed by atoms with Crippen molar-refractivity contribution >= 4 is 11.9 Å². The molecule has 0 spiro atoms. The summed E-state index contributed by atoms with van der Waals surface area (Å²) >= 11 is 0. The van der Waals surface area contributed by atoms with Crippen LogP contribution < -0.4 is 0 Å². The van der Waals surface area contributed by atoms with Crippen LogP contribution in [0.15, 0.2) is 0 Å². The average molecular weight is 235 g/mol. The van der Waals surface area contributed by atoms with Crippen LogP contribution in [-0.4, -0.2) is 22.2 Å². The molecule has 0 aliphatic rings. The van der Waals surface area contributed by atoms with Gasteiger partial charge in [0.25, 0.3) is 0 Å². The van der Waals surface area contributed by atoms with E-state index in [0.717, 1.165) is 0 Å². The number of rotatable bonds is 2. The van der Waals surface area contributed by atoms with Crippen molar-refractivity contribution in [2.24, 2.45) is 11.8 Å². The van der Waals surface area contributed by atoms with Crippen LogP contribution >= 0.6 is 0 Å². The molecule has 0 aliphatic carbocycles. The van der Waals surface area contributed by atoms with E-state index in [0.29, 0.717) is 0 Å². The molecule has 4 nitrogen and oxygen atoms in total. The molecule has 2 N–H and O–H groups in total. The van der Waals surface area contributed by atoms with Crippen LogP contribution in [0, 0.1) is 11.8 Å². The molecular weight excluding hydrogens is 219 g/mol. The summed E-state index contributed by atoms with van der Waals surface area (Å²) in [6, 6.07) is 0. The van der Waals surface area contributed by atoms with Crippen molar-refractivity contribution in [3.05, 3.63) is 0 Å². The summed E-state index contributed by atoms with van der Waals surface area (Å²) < 4.78 is 0. The van der Waals surface area contributed by atoms with E-state index in [2.05, 4.69) is 0 Å². The maximum absolute atomic E-state index is 9.70. The summed E-state index contributed by atoms with van der Waals surface area (Å²) in [5.41, 5.74) is 0. The van der Waals surface area contributed by atoms with E-state index in [9.17, 15) is 9.59 Å². The van der Waals surface area contributed by atoms with Gasteiger partial charge in [0.1, 0.15) is 0 Å². The van der Waals surface area contributed by atoms with Gasteiger partial charge in [-0.3, -0.25) is 9.59 Å². The van der Waals surface area contributed by atoms with Crippen LogP contribution in [-0.2, 0) is 26.4 Å². The van der Waals surface area contributed by atoms with Gasteiger partial charge in [-0.1, -0.05) is 27.7 Å². The van der Waals surface area contributed by atoms with E-state index in [1.807, 2.05) is 0 Å². The third kappa shape index (κ3) is 18.4. The zero-order valence-corrected chi connectivity index (χ0v) is 9.24. The Morgan fingerprint density at radius 1 is 0.846 bits per heavy atom. The fourth-order valence-corrected chi connectivity index (χ4v) is 0. The Labute approximate surface area is 88.5 Å². The first-order valence-electron chi connectivity index (χ1n) is 3.74. The minimum atomic E-state index is -0.741. The maximum Gasteiger partial charge on any atom is 0.305 e. The number of hydrogen-bond donors (Lipinski definition) is 2. The molecule has 0 rings (SSSR count). The van der Waals surface area contributed by atoms with Gasteiger partial charge in [-0.15, -0.1) is 0 Å². The summed E-state index contributed by atoms with van der Waals surface area (Å²) in [5, 5.41) is 16.0. The van der Waals surface area contributed by atoms with E-state index in [1.165, 1.54) is 0 Å². The van der Waals surface area contributed by atoms with Crippen LogP contribution in [0.2, 0.25) is 0 Å². The molecule has 5 heteroatoms. The molecule has 0 saturated carbocycles. The number of carboxylic acid groups (broad SMARTS) is 2. The fourth-order valence-electron chi connectivity index (χ4n) is 0. The molecule has 0 aromatic rings. The van der Waals surface area contributed by atoms with Crippen LogP contribution in [0.4, 0.5) is 0 Å². The molecule has 0 amide bonds. The van der Waals surface area contributed by atoms with Crippen molar-refractivity contribution in [3.8, 4) is 0 Å². The molecule has 0 saturated heterocycles. The predicted molar refractivity (Wildman–Crippen MR) is 44.9 cm³/mol. The molecule has 0 atom stereocenters. The Morgan fingerprint density at radius 2 is 0.923 bits per heavy atom. The van der Waals surface area contributed by atoms with Gasteiger partial charge in [0.2, 0.25) is 0 Å². The van der Waals surface area contributed by atoms with E-state index < -0.39 is 11.9 Å². The van der Waals surface area contributed by atoms with E-state index in [4.69, 9.17) is 10.2 Å². The average Bonchev–Trinajstić information content (AvgIpc) is 1.88. The van der Waals surface area contributed by atoms with Crippen molar-refractivity contribution in [1.29, 1.82) is 0 Å². The van der Waals surface area contributed by atoms with Crippen LogP contribution in [0.3, 0.4) is 0 Å². The molecule has 0 unspecified atom stereocenters. The molecule has 0 aromatic carbocycles. The second-order valence-corrected chi connectivity index (χ2v) is 2.99. The molecule has 13 heavy (non-hydrogen) atoms. The number of carbonyl (C=O) groups is 2. The van der Waals surface area contributed by atoms with Gasteiger partial charge in [0, 0.05) is 16.8 Å². The van der Waals surface area contributed by atoms with Gasteiger partial charge in [-0.2, -0.15) is 0 Å². The largest absolute Gasteiger partial charge is 0.481 e. The summed E-state index contributed by atoms with van der Waals surface area (Å²) in [6.07, 6.45) is 0. The second kappa shape index (κ2) is 9.53. The van der Waals surface area contributed by atoms with Crippen molar-refractivity contribution in [3.63, 3.8) is 0 Å². The molecular formula is C8H16CoO4. The predicted octanol–water partition coefficient (Wildman–Crippen LogP) is 1.45. The minimum Gasteiger partial charge on any atom is -0.481 e. The van der Waals surface area contributed by atoms with E-state index in [1.54, 1.807) is 27.7 Å². The van der Waals surface area contributed by atoms with Gasteiger partial charge in [-0.25, -0.2) is 0 Å². The van der Waals surface area contributed by atoms with Crippen molar-refractivity contribution in [2.45, 2.75) is 27.7 Å². The Balaban J connectivity index is -0.000000143. The molecule has 81 valence electrons. The molecule has 0 fully saturated rings. The topological polar surface area (TPSA) is 74.6 Å². The first-order chi connectivity index (χ1) is 5.29. The van der Waals surface area contributed by atoms with Crippen molar-refractivity contribution < 1.29 is 36.6 Å². The zero-order valence-electron chi connectivity index (χ0n) is 8.20. The molecule has 1 radical (unpaired) electrons. The monoisotopic (exact) mass is 235 g/mol. The van der Waals surface area contributed by atoms with E-state index in [-0.39, 0.29) is 28.6 Å². The SMILES string of the molecule is CC(C)C(=O)O.CC(C)C(=O)O.[Co]. The first-order valence-corrected chi connectivity index (χ1v) is 3.74. The Kier molecular flexibility index (Phi) is 13.4. The summed E-state index contributed by atoms with van der Waals surface area (Å²) in [4.78, 5) is 19.4. The number of aliphatic carboxylic acids is 2. The van der Waals surface area contributed by atoms with Crippen molar-refractivity contribution in [1.82, 2.24) is 0 Å². The smallest absolute Gasteiger partial charge is 0.305 e. The maximum atomic E-state index is 9.70. The first kappa shape index (κ1) is 18.3. The van der Waals surface area contributed by atoms with Gasteiger partial charge in [-0.05, 0) is 0 Å². The Morgan fingerprint density at radius 3 is 0.923 bits per heavy atom. The standard InChI is InChI=1S/2C4H8O2.Co/c2*1-3(2)4(5)6;/h2*3H,1-2H3,(H,5,6);. The van der Waals surface area contributed by atoms with Gasteiger partial charge in [0.15, 0.2) is 0 Å². The fraction of sp³-hybridized carbons (Fsp3) is 0.750. The molecule has 0 bridgehead atoms. The van der Waals surface area contributed by atoms with Crippen molar-refractivity contribution in [2.75, 3.05) is 0 Å². The van der Waals surface area contributed by atoms with E-state index >= 15 is 0 Å². The van der Waals surface area contributed by atoms with Crippen LogP contribution in [0.25, 0.3) is 0 Å².